The summed E-state index contributed by atoms with van der Waals surface area (Å²) in [5.41, 5.74) is 17.9. The minimum atomic E-state index is -1.35. The third-order valence-electron chi connectivity index (χ3n) is 26.6. The number of likely N-dealkylation sites (tertiary alicyclic amines) is 1. The lowest BCUT2D eigenvalue weighted by atomic mass is 9.79. The molecule has 8 N–H and O–H groups in total. The summed E-state index contributed by atoms with van der Waals surface area (Å²) in [7, 11) is 0. The van der Waals surface area contributed by atoms with Gasteiger partial charge in [-0.2, -0.15) is 0 Å². The number of hydrogen-bond donors (Lipinski definition) is 8. The van der Waals surface area contributed by atoms with Crippen molar-refractivity contribution in [2.24, 2.45) is 5.92 Å². The zero-order chi connectivity index (χ0) is 90.2. The molecule has 6 unspecified atom stereocenters. The van der Waals surface area contributed by atoms with Crippen molar-refractivity contribution in [2.45, 2.75) is 178 Å². The topological polar surface area (TPSA) is 346 Å². The van der Waals surface area contributed by atoms with Crippen LogP contribution in [0.25, 0.3) is 85.5 Å². The highest BCUT2D eigenvalue weighted by molar-refractivity contribution is 7.21. The monoisotopic (exact) mass is 1930 g/mol. The Morgan fingerprint density at radius 3 is 1.43 bits per heavy atom. The zero-order valence-corrected chi connectivity index (χ0v) is 78.5. The molecule has 4 aromatic carbocycles. The molecule has 1 saturated carbocycles. The number of ether oxygens (including phenoxy) is 5. The average molecular weight is 1930 g/mol. The number of fused-ring (bicyclic) bond motifs is 11. The molecule has 2 saturated heterocycles. The molecular weight excluding hydrogens is 1840 g/mol. The first-order valence-corrected chi connectivity index (χ1v) is 49.6. The molecule has 15 aromatic rings. The van der Waals surface area contributed by atoms with E-state index >= 15 is 0 Å². The second-order valence-corrected chi connectivity index (χ2v) is 42.2. The minimum absolute atomic E-state index is 0.0419. The number of aliphatic hydroxyl groups excluding tert-OH is 2. The maximum absolute atomic E-state index is 13.1. The van der Waals surface area contributed by atoms with Crippen LogP contribution < -0.4 is 34.9 Å². The number of carbonyl (C=O) groups excluding carboxylic acids is 1. The average Bonchev–Trinajstić information content (AvgIpc) is 1.61. The number of halogens is 4. The van der Waals surface area contributed by atoms with Gasteiger partial charge in [0.15, 0.2) is 41.7 Å². The van der Waals surface area contributed by atoms with Crippen LogP contribution in [0, 0.1) is 5.92 Å². The van der Waals surface area contributed by atoms with Crippen molar-refractivity contribution < 1.29 is 67.6 Å². The van der Waals surface area contributed by atoms with E-state index in [0.717, 1.165) is 301 Å². The van der Waals surface area contributed by atoms with Gasteiger partial charge in [0.1, 0.15) is 40.5 Å². The Morgan fingerprint density at radius 2 is 0.955 bits per heavy atom. The second-order valence-electron chi connectivity index (χ2n) is 36.2. The summed E-state index contributed by atoms with van der Waals surface area (Å²) in [5.74, 6) is 5.92. The molecule has 26 nitrogen and oxygen atoms in total. The van der Waals surface area contributed by atoms with Crippen molar-refractivity contribution in [2.75, 3.05) is 52.5 Å². The minimum Gasteiger partial charge on any atom is -0.481 e. The SMILES string of the molecule is CC(C)CC(O)c1cc2nccc(-c3cc(Cl)cc4c3OC(c3onc5c3CNCC5)C4)c2s1.CC(O)(CO)c1cc2nccc(-c3cc(Cl)cc4c3OC(C(=O)N3CCCCC3)C4)c2s1.OC1(c2cc3nccc(-c4cc(Cl)cc5c4OC(c4onc6c4CNCC6)C5)c3s2)CCC1.OC1(c2cc3ncnc(-c4cc(Cl)cc5c4OC(c4onc6c4CNCC6)C5)c3s2)COC1. The summed E-state index contributed by atoms with van der Waals surface area (Å²) in [6, 6.07) is 29.1. The molecular formula is C98H92Cl4N12O14S4. The van der Waals surface area contributed by atoms with Crippen LogP contribution in [-0.2, 0) is 90.9 Å². The molecule has 20 heterocycles. The Morgan fingerprint density at radius 1 is 0.515 bits per heavy atom. The quantitative estimate of drug-likeness (QED) is 0.0472. The molecule has 25 rings (SSSR count). The highest BCUT2D eigenvalue weighted by Gasteiger charge is 2.45. The molecule has 680 valence electrons. The lowest BCUT2D eigenvalue weighted by Gasteiger charge is -2.35. The maximum atomic E-state index is 13.1. The highest BCUT2D eigenvalue weighted by Crippen LogP contribution is 2.56. The number of nitrogens with one attached hydrogen (secondary N) is 3. The summed E-state index contributed by atoms with van der Waals surface area (Å²) < 4.78 is 52.1. The molecule has 132 heavy (non-hydrogen) atoms. The van der Waals surface area contributed by atoms with Gasteiger partial charge in [0.05, 0.1) is 95.2 Å². The molecule has 1 aliphatic carbocycles. The number of hydrogen-bond acceptors (Lipinski definition) is 29. The Labute approximate surface area is 793 Å². The first kappa shape index (κ1) is 87.7. The maximum Gasteiger partial charge on any atom is 0.263 e. The first-order valence-electron chi connectivity index (χ1n) is 44.8. The van der Waals surface area contributed by atoms with Crippen LogP contribution in [0.5, 0.6) is 23.0 Å². The van der Waals surface area contributed by atoms with Crippen LogP contribution in [0.2, 0.25) is 20.1 Å². The standard InChI is InChI=1S/C26H26ClN3O3S.C25H22ClN3O3S.C24H25ClN2O4S.C23H19ClN4O4S/c1-13(2)7-21(31)23-11-20-26(34-23)16(3-6-29-20)17-10-15(27)8-14-9-22(32-24(14)17)25-18-12-28-5-4-19(18)30-33-25;26-14-8-13-9-20(23-17-12-27-6-3-18(17)29-32-23)31-22(13)16(10-14)15-2-7-28-19-11-21(33-24(15)19)25(30)4-1-5-25;1-24(30,13-28)20-12-18-22(32-20)16(5-6-26-18)17-11-15(25)9-14-10-19(31-21(14)17)23(29)27-7-3-2-4-8-27;24-12-3-11-4-17(21-14-7-25-2-1-15(14)28-32-21)31-20(11)13(5-12)19-22-16(26-10-27-19)6-18(33-22)23(29)8-30-9-23/h3,6,8,10-11,13,21-22,28,31H,4-5,7,9,12H2,1-2H3;2,7-8,10-11,20,27,30H,1,3-6,9,12H2;5-6,9,11-12,19,28,30H,2-4,7-8,10,13H2,1H3;3,5-6,10,17,25,29H,1-2,4,7-9H2. The molecule has 6 atom stereocenters. The number of piperidine rings is 1. The van der Waals surface area contributed by atoms with E-state index in [-0.39, 0.29) is 44.0 Å². The Bertz CT molecular complexity index is 6820. The van der Waals surface area contributed by atoms with Gasteiger partial charge in [-0.15, -0.1) is 45.3 Å². The van der Waals surface area contributed by atoms with Crippen LogP contribution in [0.15, 0.2) is 129 Å². The third-order valence-corrected chi connectivity index (χ3v) is 32.8. The highest BCUT2D eigenvalue weighted by atomic mass is 35.5. The number of benzene rings is 4. The summed E-state index contributed by atoms with van der Waals surface area (Å²) in [6.07, 6.45) is 16.9. The van der Waals surface area contributed by atoms with Crippen LogP contribution in [0.1, 0.15) is 183 Å². The lowest BCUT2D eigenvalue weighted by Crippen LogP contribution is -2.45. The van der Waals surface area contributed by atoms with Gasteiger partial charge in [0, 0.05) is 233 Å². The van der Waals surface area contributed by atoms with Gasteiger partial charge in [-0.3, -0.25) is 19.7 Å². The van der Waals surface area contributed by atoms with Crippen LogP contribution in [0.4, 0.5) is 0 Å². The number of carbonyl (C=O) groups is 1. The number of pyridine rings is 3. The molecule has 1 amide bonds. The predicted octanol–water partition coefficient (Wildman–Crippen LogP) is 19.0. The van der Waals surface area contributed by atoms with Crippen molar-refractivity contribution in [1.82, 2.24) is 61.2 Å². The van der Waals surface area contributed by atoms with Crippen LogP contribution >= 0.6 is 91.8 Å². The summed E-state index contributed by atoms with van der Waals surface area (Å²) in [4.78, 5) is 41.0. The lowest BCUT2D eigenvalue weighted by molar-refractivity contribution is -0.182. The van der Waals surface area contributed by atoms with E-state index in [2.05, 4.69) is 70.2 Å². The van der Waals surface area contributed by atoms with E-state index in [1.165, 1.54) is 35.4 Å². The van der Waals surface area contributed by atoms with E-state index in [4.69, 9.17) is 83.7 Å². The Kier molecular flexibility index (Phi) is 23.6. The van der Waals surface area contributed by atoms with Gasteiger partial charge in [-0.1, -0.05) is 75.7 Å². The molecule has 11 aromatic heterocycles. The molecule has 3 fully saturated rings. The van der Waals surface area contributed by atoms with Crippen molar-refractivity contribution >= 4 is 139 Å². The second kappa shape index (κ2) is 35.6. The summed E-state index contributed by atoms with van der Waals surface area (Å²) >= 11 is 32.2. The molecule has 0 bridgehead atoms. The number of thiophene rings is 4. The number of amides is 1. The van der Waals surface area contributed by atoms with Crippen LogP contribution in [0.3, 0.4) is 0 Å². The summed E-state index contributed by atoms with van der Waals surface area (Å²) in [6.45, 7) is 12.5. The summed E-state index contributed by atoms with van der Waals surface area (Å²) in [5, 5.41) is 78.0. The fraction of sp³-hybridized carbons (Fsp3) is 0.378. The van der Waals surface area contributed by atoms with E-state index in [1.54, 1.807) is 48.1 Å². The largest absolute Gasteiger partial charge is 0.481 e. The molecule has 34 heteroatoms. The zero-order valence-electron chi connectivity index (χ0n) is 72.2. The normalized spacial score (nSPS) is 20.0. The van der Waals surface area contributed by atoms with E-state index in [0.29, 0.717) is 62.3 Å². The van der Waals surface area contributed by atoms with Crippen LogP contribution in [-0.4, -0.2) is 135 Å². The van der Waals surface area contributed by atoms with Crippen molar-refractivity contribution in [1.29, 1.82) is 0 Å². The Balaban J connectivity index is 0.000000103. The van der Waals surface area contributed by atoms with Gasteiger partial charge in [0.25, 0.3) is 5.91 Å². The molecule has 0 spiro atoms. The predicted molar refractivity (Wildman–Crippen MR) is 507 cm³/mol. The Hall–Kier alpha value is -9.65. The smallest absolute Gasteiger partial charge is 0.263 e. The van der Waals surface area contributed by atoms with Gasteiger partial charge < -0.3 is 83.6 Å². The van der Waals surface area contributed by atoms with Gasteiger partial charge in [-0.05, 0) is 149 Å². The molecule has 9 aliphatic heterocycles. The fourth-order valence-corrected chi connectivity index (χ4v) is 25.2. The molecule has 0 radical (unpaired) electrons. The number of aliphatic hydroxyl groups is 5. The van der Waals surface area contributed by atoms with Crippen molar-refractivity contribution in [3.63, 3.8) is 0 Å². The van der Waals surface area contributed by atoms with E-state index < -0.39 is 29.0 Å². The third kappa shape index (κ3) is 16.4. The van der Waals surface area contributed by atoms with E-state index in [1.807, 2.05) is 96.0 Å². The van der Waals surface area contributed by atoms with Crippen molar-refractivity contribution in [3.8, 4) is 67.6 Å². The fourth-order valence-electron chi connectivity index (χ4n) is 19.5. The van der Waals surface area contributed by atoms with Gasteiger partial charge in [-0.25, -0.2) is 9.97 Å². The van der Waals surface area contributed by atoms with Gasteiger partial charge >= 0.3 is 0 Å². The van der Waals surface area contributed by atoms with E-state index in [9.17, 15) is 30.3 Å². The number of nitrogens with zero attached hydrogens (tertiary/aromatic N) is 9. The van der Waals surface area contributed by atoms with Gasteiger partial charge in [0.2, 0.25) is 0 Å². The first-order chi connectivity index (χ1) is 64.0. The number of rotatable bonds is 15. The number of aromatic nitrogens is 8. The van der Waals surface area contributed by atoms with Crippen molar-refractivity contribution in [3.05, 3.63) is 229 Å². The molecule has 10 aliphatic rings.